The molecule has 0 saturated heterocycles. The van der Waals surface area contributed by atoms with E-state index in [9.17, 15) is 30.8 Å². The van der Waals surface area contributed by atoms with Crippen LogP contribution in [0.15, 0.2) is 113 Å². The third-order valence-corrected chi connectivity index (χ3v) is 11.4. The fraction of sp³-hybridized carbons (Fsp3) is 0.347. The smallest absolute Gasteiger partial charge is 0.303 e. The quantitative estimate of drug-likeness (QED) is 0.0353. The Morgan fingerprint density at radius 1 is 0.824 bits per heavy atom. The van der Waals surface area contributed by atoms with Crippen LogP contribution in [0.1, 0.15) is 89.5 Å². The molecule has 0 amide bonds. The van der Waals surface area contributed by atoms with Gasteiger partial charge in [-0.1, -0.05) is 88.4 Å². The summed E-state index contributed by atoms with van der Waals surface area (Å²) in [5.41, 5.74) is 3.95. The molecule has 6 aromatic rings. The fourth-order valence-electron chi connectivity index (χ4n) is 5.79. The van der Waals surface area contributed by atoms with Gasteiger partial charge in [-0.2, -0.15) is 8.42 Å². The van der Waals surface area contributed by atoms with Crippen LogP contribution >= 0.6 is 11.6 Å². The molecule has 0 spiro atoms. The van der Waals surface area contributed by atoms with E-state index in [-0.39, 0.29) is 30.5 Å². The number of benzene rings is 4. The Balaban J connectivity index is 0.000000459. The first kappa shape index (κ1) is 58.2. The van der Waals surface area contributed by atoms with Crippen molar-refractivity contribution in [3.63, 3.8) is 0 Å². The Bertz CT molecular complexity index is 2700. The molecule has 0 aliphatic carbocycles. The van der Waals surface area contributed by atoms with Gasteiger partial charge in [0.1, 0.15) is 51.7 Å². The Kier molecular flexibility index (Phi) is 25.5. The van der Waals surface area contributed by atoms with E-state index in [0.29, 0.717) is 65.3 Å². The number of sulfone groups is 1. The minimum absolute atomic E-state index is 0. The molecule has 68 heavy (non-hydrogen) atoms. The van der Waals surface area contributed by atoms with Gasteiger partial charge in [-0.25, -0.2) is 22.8 Å². The number of anilines is 2. The van der Waals surface area contributed by atoms with Crippen molar-refractivity contribution in [2.24, 2.45) is 0 Å². The van der Waals surface area contributed by atoms with Crippen LogP contribution in [-0.4, -0.2) is 72.1 Å². The maximum absolute atomic E-state index is 13.4. The highest BCUT2D eigenvalue weighted by Gasteiger charge is 2.12. The van der Waals surface area contributed by atoms with Crippen LogP contribution in [0, 0.1) is 12.7 Å². The van der Waals surface area contributed by atoms with E-state index < -0.39 is 31.9 Å². The van der Waals surface area contributed by atoms with Gasteiger partial charge in [0, 0.05) is 42.3 Å². The van der Waals surface area contributed by atoms with Gasteiger partial charge in [-0.15, -0.1) is 0 Å². The molecule has 5 N–H and O–H groups in total. The number of hydrogen-bond donors (Lipinski definition) is 5. The summed E-state index contributed by atoms with van der Waals surface area (Å²) in [6.45, 7) is 6.91. The van der Waals surface area contributed by atoms with Crippen molar-refractivity contribution < 1.29 is 54.7 Å². The number of halogens is 2. The van der Waals surface area contributed by atoms with E-state index in [2.05, 4.69) is 34.4 Å². The number of carbonyl (C=O) groups is 2. The second-order valence-corrected chi connectivity index (χ2v) is 19.3. The third kappa shape index (κ3) is 22.7. The molecule has 0 aliphatic heterocycles. The zero-order chi connectivity index (χ0) is 49.4. The van der Waals surface area contributed by atoms with Gasteiger partial charge in [-0.05, 0) is 98.1 Å². The molecule has 15 nitrogen and oxygen atoms in total. The Hall–Kier alpha value is -5.92. The van der Waals surface area contributed by atoms with Crippen LogP contribution in [0.25, 0.3) is 22.2 Å². The molecule has 6 rings (SSSR count). The van der Waals surface area contributed by atoms with Gasteiger partial charge in [0.25, 0.3) is 10.1 Å². The zero-order valence-electron chi connectivity index (χ0n) is 37.9. The van der Waals surface area contributed by atoms with Crippen molar-refractivity contribution in [3.05, 3.63) is 131 Å². The molecule has 0 fully saturated rings. The number of aliphatic carboxylic acids is 2. The zero-order valence-corrected chi connectivity index (χ0v) is 40.3. The summed E-state index contributed by atoms with van der Waals surface area (Å²) in [7, 11) is -7.04. The van der Waals surface area contributed by atoms with E-state index in [1.54, 1.807) is 36.4 Å². The maximum atomic E-state index is 13.4. The van der Waals surface area contributed by atoms with Crippen molar-refractivity contribution >= 4 is 65.9 Å². The number of aromatic nitrogens is 2. The normalized spacial score (nSPS) is 10.8. The average Bonchev–Trinajstić information content (AvgIpc) is 3.74. The van der Waals surface area contributed by atoms with Gasteiger partial charge in [0.05, 0.1) is 27.7 Å². The van der Waals surface area contributed by atoms with E-state index in [1.165, 1.54) is 36.8 Å². The summed E-state index contributed by atoms with van der Waals surface area (Å²) in [5, 5.41) is 23.8. The van der Waals surface area contributed by atoms with Crippen LogP contribution < -0.4 is 15.4 Å². The number of carboxylic acid groups (broad SMARTS) is 2. The molecule has 370 valence electrons. The molecule has 0 saturated carbocycles. The highest BCUT2D eigenvalue weighted by atomic mass is 35.5. The number of unbranched alkanes of at least 4 members (excludes halogenated alkanes) is 4. The standard InChI is InChI=1S/C29H26ClFN4O4S.C7H8O3S.2C6H12O2.CH4/c1-40(36,37)12-11-32-16-23-7-10-27(39-23)20-5-8-26-24(14-20)29(34-18-33-26)35-22-6-9-28(25(30)15-22)38-17-19-3-2-4-21(31)13-19;1-6-2-4-7(5-3-6)11(8,9)10;2*1-2-3-4-5-6(7)8;/h2-10,13-15,18,32H,11-12,16-17H2,1H3,(H,33,34,35);2-5H,1H3,(H,8,9,10);2*2-5H2,1H3,(H,7,8);1H4. The van der Waals surface area contributed by atoms with Crippen LogP contribution in [-0.2, 0) is 42.7 Å². The van der Waals surface area contributed by atoms with Crippen molar-refractivity contribution in [3.8, 4) is 17.1 Å². The predicted molar refractivity (Wildman–Crippen MR) is 265 cm³/mol. The van der Waals surface area contributed by atoms with Crippen molar-refractivity contribution in [1.82, 2.24) is 15.3 Å². The lowest BCUT2D eigenvalue weighted by Crippen LogP contribution is -2.21. The summed E-state index contributed by atoms with van der Waals surface area (Å²) < 4.78 is 77.3. The molecule has 0 radical (unpaired) electrons. The number of hydrogen-bond acceptors (Lipinski definition) is 12. The summed E-state index contributed by atoms with van der Waals surface area (Å²) in [5.74, 6) is 0.809. The number of aryl methyl sites for hydroxylation is 1. The van der Waals surface area contributed by atoms with Crippen LogP contribution in [0.4, 0.5) is 15.9 Å². The molecule has 0 bridgehead atoms. The third-order valence-electron chi connectivity index (χ3n) is 9.32. The van der Waals surface area contributed by atoms with E-state index in [0.717, 1.165) is 60.6 Å². The Morgan fingerprint density at radius 2 is 1.49 bits per heavy atom. The minimum Gasteiger partial charge on any atom is -0.487 e. The largest absolute Gasteiger partial charge is 0.487 e. The maximum Gasteiger partial charge on any atom is 0.303 e. The van der Waals surface area contributed by atoms with E-state index in [1.807, 2.05) is 43.3 Å². The number of nitrogens with one attached hydrogen (secondary N) is 2. The Labute approximate surface area is 403 Å². The van der Waals surface area contributed by atoms with Crippen LogP contribution in [0.2, 0.25) is 5.02 Å². The van der Waals surface area contributed by atoms with Gasteiger partial charge < -0.3 is 30.0 Å². The van der Waals surface area contributed by atoms with Crippen molar-refractivity contribution in [2.75, 3.05) is 23.9 Å². The lowest BCUT2D eigenvalue weighted by molar-refractivity contribution is -0.138. The fourth-order valence-corrected chi connectivity index (χ4v) is 7.02. The van der Waals surface area contributed by atoms with Crippen LogP contribution in [0.3, 0.4) is 0 Å². The van der Waals surface area contributed by atoms with Gasteiger partial charge >= 0.3 is 11.9 Å². The van der Waals surface area contributed by atoms with E-state index >= 15 is 0 Å². The molecule has 4 aromatic carbocycles. The summed E-state index contributed by atoms with van der Waals surface area (Å²) in [6.07, 6.45) is 9.25. The summed E-state index contributed by atoms with van der Waals surface area (Å²) in [4.78, 5) is 28.5. The minimum atomic E-state index is -4.02. The number of carboxylic acids is 2. The van der Waals surface area contributed by atoms with Crippen molar-refractivity contribution in [1.29, 1.82) is 0 Å². The molecule has 2 aromatic heterocycles. The van der Waals surface area contributed by atoms with Gasteiger partial charge in [0.2, 0.25) is 0 Å². The highest BCUT2D eigenvalue weighted by Crippen LogP contribution is 2.33. The van der Waals surface area contributed by atoms with Gasteiger partial charge in [-0.3, -0.25) is 14.1 Å². The topological polar surface area (TPSA) is 235 Å². The number of rotatable bonds is 20. The Morgan fingerprint density at radius 3 is 2.06 bits per heavy atom. The predicted octanol–water partition coefficient (Wildman–Crippen LogP) is 11.3. The van der Waals surface area contributed by atoms with Gasteiger partial charge in [0.15, 0.2) is 0 Å². The molecular formula is C49H62ClFN4O11S2. The second kappa shape index (κ2) is 29.8. The number of nitrogens with zero attached hydrogens (tertiary/aromatic N) is 2. The molecule has 0 unspecified atom stereocenters. The van der Waals surface area contributed by atoms with Crippen molar-refractivity contribution in [2.45, 2.75) is 97.6 Å². The molecular weight excluding hydrogens is 939 g/mol. The van der Waals surface area contributed by atoms with Crippen LogP contribution in [0.5, 0.6) is 5.75 Å². The SMILES string of the molecule is C.CCCCCC(=O)O.CCCCCC(=O)O.CS(=O)(=O)CCNCc1ccc(-c2ccc3ncnc(Nc4ccc(OCc5cccc(F)c5)c(Cl)c4)c3c2)o1.Cc1ccc(S(=O)(=O)O)cc1. The second-order valence-electron chi connectivity index (χ2n) is 15.2. The first-order chi connectivity index (χ1) is 31.8. The molecule has 2 heterocycles. The highest BCUT2D eigenvalue weighted by molar-refractivity contribution is 7.90. The summed E-state index contributed by atoms with van der Waals surface area (Å²) in [6, 6.07) is 27.0. The lowest BCUT2D eigenvalue weighted by atomic mass is 10.1. The molecule has 0 atom stereocenters. The average molecular weight is 1000 g/mol. The summed E-state index contributed by atoms with van der Waals surface area (Å²) >= 11 is 6.47. The van der Waals surface area contributed by atoms with E-state index in [4.69, 9.17) is 35.5 Å². The molecule has 0 aliphatic rings. The number of fused-ring (bicyclic) bond motifs is 1. The monoisotopic (exact) mass is 1000 g/mol. The first-order valence-electron chi connectivity index (χ1n) is 21.4. The molecule has 19 heteroatoms. The number of ether oxygens (including phenoxy) is 1. The lowest BCUT2D eigenvalue weighted by Gasteiger charge is -2.12. The number of furan rings is 1. The first-order valence-corrected chi connectivity index (χ1v) is 25.3.